The lowest BCUT2D eigenvalue weighted by atomic mass is 9.80. The second-order valence-electron chi connectivity index (χ2n) is 7.30. The van der Waals surface area contributed by atoms with Gasteiger partial charge < -0.3 is 19.0 Å². The zero-order valence-electron chi connectivity index (χ0n) is 16.1. The topological polar surface area (TPSA) is 86.0 Å². The normalized spacial score (nSPS) is 15.1. The Labute approximate surface area is 167 Å². The second-order valence-corrected chi connectivity index (χ2v) is 7.30. The molecule has 0 spiro atoms. The Hall–Kier alpha value is -3.12. The highest BCUT2D eigenvalue weighted by molar-refractivity contribution is 5.81. The Morgan fingerprint density at radius 2 is 1.90 bits per heavy atom. The Bertz CT molecular complexity index is 1090. The lowest BCUT2D eigenvalue weighted by molar-refractivity contribution is -0.179. The van der Waals surface area contributed by atoms with Gasteiger partial charge in [-0.3, -0.25) is 4.79 Å². The van der Waals surface area contributed by atoms with Crippen LogP contribution in [0, 0.1) is 6.92 Å². The van der Waals surface area contributed by atoms with E-state index in [1.807, 2.05) is 31.2 Å². The van der Waals surface area contributed by atoms with E-state index in [9.17, 15) is 14.7 Å². The van der Waals surface area contributed by atoms with Gasteiger partial charge in [-0.2, -0.15) is 0 Å². The minimum Gasteiger partial charge on any atom is -0.491 e. The largest absolute Gasteiger partial charge is 0.491 e. The first-order valence-corrected chi connectivity index (χ1v) is 9.63. The lowest BCUT2D eigenvalue weighted by Crippen LogP contribution is -2.48. The molecule has 1 fully saturated rings. The molecule has 0 unspecified atom stereocenters. The highest BCUT2D eigenvalue weighted by Crippen LogP contribution is 2.35. The number of fused-ring (bicyclic) bond motifs is 1. The molecule has 0 radical (unpaired) electrons. The van der Waals surface area contributed by atoms with E-state index in [0.29, 0.717) is 35.3 Å². The van der Waals surface area contributed by atoms with E-state index in [0.717, 1.165) is 17.5 Å². The molecule has 4 rings (SSSR count). The van der Waals surface area contributed by atoms with Crippen LogP contribution in [0.2, 0.25) is 0 Å². The molecule has 1 N–H and O–H groups in total. The van der Waals surface area contributed by atoms with Crippen molar-refractivity contribution in [3.05, 3.63) is 64.3 Å². The maximum Gasteiger partial charge on any atom is 0.335 e. The molecule has 6 nitrogen and oxygen atoms in total. The van der Waals surface area contributed by atoms with Crippen LogP contribution in [-0.2, 0) is 9.53 Å². The van der Waals surface area contributed by atoms with Crippen molar-refractivity contribution in [2.24, 2.45) is 0 Å². The average Bonchev–Trinajstić information content (AvgIpc) is 2.67. The second kappa shape index (κ2) is 7.72. The van der Waals surface area contributed by atoms with Gasteiger partial charge >= 0.3 is 5.97 Å². The maximum atomic E-state index is 12.4. The van der Waals surface area contributed by atoms with Crippen molar-refractivity contribution in [2.75, 3.05) is 13.2 Å². The fourth-order valence-electron chi connectivity index (χ4n) is 3.49. The number of rotatable bonds is 7. The molecule has 0 amide bonds. The monoisotopic (exact) mass is 394 g/mol. The van der Waals surface area contributed by atoms with Gasteiger partial charge in [0.05, 0.1) is 12.0 Å². The number of carbonyl (C=O) groups is 1. The van der Waals surface area contributed by atoms with Crippen molar-refractivity contribution in [3.8, 4) is 17.1 Å². The van der Waals surface area contributed by atoms with Gasteiger partial charge in [-0.05, 0) is 62.1 Å². The molecule has 0 aliphatic heterocycles. The molecule has 1 aromatic heterocycles. The van der Waals surface area contributed by atoms with Crippen LogP contribution in [0.4, 0.5) is 0 Å². The van der Waals surface area contributed by atoms with Gasteiger partial charge in [0.2, 0.25) is 0 Å². The number of ether oxygens (including phenoxy) is 2. The van der Waals surface area contributed by atoms with Gasteiger partial charge in [0, 0.05) is 11.6 Å². The first kappa shape index (κ1) is 19.2. The van der Waals surface area contributed by atoms with Crippen LogP contribution < -0.4 is 10.2 Å². The summed E-state index contributed by atoms with van der Waals surface area (Å²) in [6, 6.07) is 14.2. The molecule has 29 heavy (non-hydrogen) atoms. The molecule has 1 aliphatic rings. The van der Waals surface area contributed by atoms with E-state index >= 15 is 0 Å². The summed E-state index contributed by atoms with van der Waals surface area (Å²) in [6.45, 7) is 2.39. The molecule has 3 aromatic rings. The number of aliphatic carboxylic acids is 1. The van der Waals surface area contributed by atoms with Crippen LogP contribution in [-0.4, -0.2) is 29.9 Å². The van der Waals surface area contributed by atoms with Crippen LogP contribution in [0.5, 0.6) is 5.75 Å². The predicted octanol–water partition coefficient (Wildman–Crippen LogP) is 4.17. The molecule has 1 heterocycles. The maximum absolute atomic E-state index is 12.4. The highest BCUT2D eigenvalue weighted by atomic mass is 16.6. The van der Waals surface area contributed by atoms with Crippen LogP contribution in [0.1, 0.15) is 24.8 Å². The summed E-state index contributed by atoms with van der Waals surface area (Å²) in [5, 5.41) is 9.81. The van der Waals surface area contributed by atoms with E-state index in [2.05, 4.69) is 0 Å². The number of carboxylic acid groups (broad SMARTS) is 1. The Morgan fingerprint density at radius 1 is 1.14 bits per heavy atom. The fourth-order valence-corrected chi connectivity index (χ4v) is 3.49. The lowest BCUT2D eigenvalue weighted by Gasteiger charge is -2.37. The zero-order valence-corrected chi connectivity index (χ0v) is 16.1. The molecule has 0 atom stereocenters. The molecular weight excluding hydrogens is 372 g/mol. The van der Waals surface area contributed by atoms with Gasteiger partial charge in [-0.25, -0.2) is 4.79 Å². The van der Waals surface area contributed by atoms with E-state index in [1.165, 1.54) is 6.07 Å². The van der Waals surface area contributed by atoms with Gasteiger partial charge in [-0.1, -0.05) is 12.1 Å². The summed E-state index contributed by atoms with van der Waals surface area (Å²) < 4.78 is 17.1. The third-order valence-corrected chi connectivity index (χ3v) is 5.37. The molecule has 1 aliphatic carbocycles. The van der Waals surface area contributed by atoms with Crippen LogP contribution in [0.25, 0.3) is 22.3 Å². The summed E-state index contributed by atoms with van der Waals surface area (Å²) >= 11 is 0. The zero-order chi connectivity index (χ0) is 20.4. The van der Waals surface area contributed by atoms with Crippen LogP contribution >= 0.6 is 0 Å². The third-order valence-electron chi connectivity index (χ3n) is 5.37. The minimum atomic E-state index is -1.03. The quantitative estimate of drug-likeness (QED) is 0.605. The molecular formula is C23H22O6. The van der Waals surface area contributed by atoms with Gasteiger partial charge in [0.1, 0.15) is 23.7 Å². The van der Waals surface area contributed by atoms with Crippen molar-refractivity contribution >= 4 is 16.9 Å². The van der Waals surface area contributed by atoms with Crippen molar-refractivity contribution in [1.29, 1.82) is 0 Å². The molecule has 150 valence electrons. The van der Waals surface area contributed by atoms with Gasteiger partial charge in [0.15, 0.2) is 11.0 Å². The Morgan fingerprint density at radius 3 is 2.55 bits per heavy atom. The number of aryl methyl sites for hydroxylation is 1. The van der Waals surface area contributed by atoms with Gasteiger partial charge in [0.25, 0.3) is 0 Å². The van der Waals surface area contributed by atoms with Crippen molar-refractivity contribution < 1.29 is 23.8 Å². The number of hydrogen-bond acceptors (Lipinski definition) is 5. The number of para-hydroxylation sites is 1. The third kappa shape index (κ3) is 3.76. The number of carboxylic acids is 1. The van der Waals surface area contributed by atoms with Gasteiger partial charge in [-0.15, -0.1) is 0 Å². The van der Waals surface area contributed by atoms with Crippen LogP contribution in [0.15, 0.2) is 57.7 Å². The van der Waals surface area contributed by atoms with Crippen molar-refractivity contribution in [2.45, 2.75) is 31.8 Å². The fraction of sp³-hybridized carbons (Fsp3) is 0.304. The summed E-state index contributed by atoms with van der Waals surface area (Å²) in [4.78, 5) is 23.7. The molecule has 0 bridgehead atoms. The Kier molecular flexibility index (Phi) is 5.11. The number of hydrogen-bond donors (Lipinski definition) is 1. The minimum absolute atomic E-state index is 0.0780. The molecule has 1 saturated carbocycles. The van der Waals surface area contributed by atoms with E-state index < -0.39 is 11.6 Å². The summed E-state index contributed by atoms with van der Waals surface area (Å²) in [7, 11) is 0. The summed E-state index contributed by atoms with van der Waals surface area (Å²) in [5.74, 6) is 0.231. The smallest absolute Gasteiger partial charge is 0.335 e. The van der Waals surface area contributed by atoms with E-state index in [-0.39, 0.29) is 18.6 Å². The van der Waals surface area contributed by atoms with Crippen molar-refractivity contribution in [1.82, 2.24) is 0 Å². The summed E-state index contributed by atoms with van der Waals surface area (Å²) in [5.41, 5.74) is 1.17. The Balaban J connectivity index is 1.42. The van der Waals surface area contributed by atoms with Crippen LogP contribution in [0.3, 0.4) is 0 Å². The summed E-state index contributed by atoms with van der Waals surface area (Å²) in [6.07, 6.45) is 1.97. The number of benzene rings is 2. The van der Waals surface area contributed by atoms with E-state index in [1.54, 1.807) is 18.2 Å². The predicted molar refractivity (Wildman–Crippen MR) is 108 cm³/mol. The average molecular weight is 394 g/mol. The first-order chi connectivity index (χ1) is 14.0. The SMILES string of the molecule is Cc1cccc2c(=O)cc(-c3ccc(OCCOC4(C(=O)O)CCC4)cc3)oc12. The van der Waals surface area contributed by atoms with Crippen molar-refractivity contribution in [3.63, 3.8) is 0 Å². The van der Waals surface area contributed by atoms with E-state index in [4.69, 9.17) is 13.9 Å². The molecule has 6 heteroatoms. The highest BCUT2D eigenvalue weighted by Gasteiger charge is 2.45. The molecule has 2 aromatic carbocycles. The first-order valence-electron chi connectivity index (χ1n) is 9.63. The standard InChI is InChI=1S/C23H22O6/c1-15-4-2-5-18-19(24)14-20(29-21(15)18)16-6-8-17(9-7-16)27-12-13-28-23(22(25)26)10-3-11-23/h2,4-9,14H,3,10-13H2,1H3,(H,25,26). The molecule has 0 saturated heterocycles.